The zero-order chi connectivity index (χ0) is 11.5. The summed E-state index contributed by atoms with van der Waals surface area (Å²) in [5.41, 5.74) is 1.01. The van der Waals surface area contributed by atoms with Crippen LogP contribution in [0.15, 0.2) is 29.2 Å². The lowest BCUT2D eigenvalue weighted by Crippen LogP contribution is -2.28. The molecule has 15 heavy (non-hydrogen) atoms. The van der Waals surface area contributed by atoms with Crippen LogP contribution in [0.5, 0.6) is 0 Å². The molecule has 4 nitrogen and oxygen atoms in total. The number of nitrogens with one attached hydrogen (secondary N) is 2. The van der Waals surface area contributed by atoms with Gasteiger partial charge in [0.25, 0.3) is 0 Å². The number of hydrogen-bond acceptors (Lipinski definition) is 4. The molecule has 0 atom stereocenters. The van der Waals surface area contributed by atoms with Gasteiger partial charge in [-0.2, -0.15) is 0 Å². The summed E-state index contributed by atoms with van der Waals surface area (Å²) in [6.45, 7) is 0. The van der Waals surface area contributed by atoms with E-state index in [-0.39, 0.29) is 6.17 Å². The molecule has 0 amide bonds. The molecule has 1 aromatic rings. The van der Waals surface area contributed by atoms with Gasteiger partial charge in [-0.15, -0.1) is 0 Å². The fourth-order valence-electron chi connectivity index (χ4n) is 1.39. The molecule has 84 valence electrons. The molecule has 0 aliphatic rings. The van der Waals surface area contributed by atoms with Crippen molar-refractivity contribution in [2.75, 3.05) is 20.4 Å². The molecule has 1 rings (SSSR count). The van der Waals surface area contributed by atoms with Crippen LogP contribution in [0.25, 0.3) is 0 Å². The summed E-state index contributed by atoms with van der Waals surface area (Å²) in [6, 6.07) is 6.83. The Labute approximate surface area is 90.6 Å². The Hall–Kier alpha value is -0.910. The zero-order valence-corrected chi connectivity index (χ0v) is 9.93. The third-order valence-corrected chi connectivity index (χ3v) is 3.35. The summed E-state index contributed by atoms with van der Waals surface area (Å²) in [5, 5.41) is 6.13. The van der Waals surface area contributed by atoms with Crippen molar-refractivity contribution in [2.24, 2.45) is 0 Å². The molecular weight excluding hydrogens is 212 g/mol. The van der Waals surface area contributed by atoms with E-state index in [1.165, 1.54) is 6.26 Å². The van der Waals surface area contributed by atoms with Crippen molar-refractivity contribution in [2.45, 2.75) is 11.1 Å². The van der Waals surface area contributed by atoms with Gasteiger partial charge in [-0.3, -0.25) is 0 Å². The standard InChI is InChI=1S/C10H16N2O2S/c1-11-10(12-2)8-4-6-9(7-5-8)15(3,13)14/h4-7,10-12H,1-3H3. The fraction of sp³-hybridized carbons (Fsp3) is 0.400. The molecule has 0 saturated carbocycles. The molecule has 1 aromatic carbocycles. The highest BCUT2D eigenvalue weighted by Crippen LogP contribution is 2.14. The highest BCUT2D eigenvalue weighted by molar-refractivity contribution is 7.90. The lowest BCUT2D eigenvalue weighted by atomic mass is 10.2. The normalized spacial score (nSPS) is 12.0. The maximum atomic E-state index is 11.2. The van der Waals surface area contributed by atoms with E-state index >= 15 is 0 Å². The first-order chi connectivity index (χ1) is 6.99. The lowest BCUT2D eigenvalue weighted by molar-refractivity contribution is 0.519. The van der Waals surface area contributed by atoms with E-state index in [1.807, 2.05) is 14.1 Å². The van der Waals surface area contributed by atoms with E-state index in [1.54, 1.807) is 24.3 Å². The van der Waals surface area contributed by atoms with Gasteiger partial charge < -0.3 is 10.6 Å². The number of hydrogen-bond donors (Lipinski definition) is 2. The first kappa shape index (κ1) is 12.2. The van der Waals surface area contributed by atoms with Gasteiger partial charge in [0.05, 0.1) is 11.1 Å². The fourth-order valence-corrected chi connectivity index (χ4v) is 2.02. The van der Waals surface area contributed by atoms with E-state index in [2.05, 4.69) is 10.6 Å². The summed E-state index contributed by atoms with van der Waals surface area (Å²) in [7, 11) is 0.578. The monoisotopic (exact) mass is 228 g/mol. The second kappa shape index (κ2) is 4.74. The topological polar surface area (TPSA) is 58.2 Å². The van der Waals surface area contributed by atoms with Crippen LogP contribution < -0.4 is 10.6 Å². The molecule has 0 saturated heterocycles. The van der Waals surface area contributed by atoms with Crippen LogP contribution in [0.2, 0.25) is 0 Å². The molecule has 0 spiro atoms. The SMILES string of the molecule is CNC(NC)c1ccc(S(C)(=O)=O)cc1. The lowest BCUT2D eigenvalue weighted by Gasteiger charge is -2.15. The highest BCUT2D eigenvalue weighted by Gasteiger charge is 2.09. The Morgan fingerprint density at radius 3 is 1.87 bits per heavy atom. The van der Waals surface area contributed by atoms with Crippen molar-refractivity contribution in [3.05, 3.63) is 29.8 Å². The highest BCUT2D eigenvalue weighted by atomic mass is 32.2. The molecule has 0 radical (unpaired) electrons. The molecule has 0 aliphatic carbocycles. The number of benzene rings is 1. The smallest absolute Gasteiger partial charge is 0.175 e. The first-order valence-corrected chi connectivity index (χ1v) is 6.52. The van der Waals surface area contributed by atoms with E-state index in [9.17, 15) is 8.42 Å². The molecule has 0 heterocycles. The van der Waals surface area contributed by atoms with Crippen LogP contribution in [-0.2, 0) is 9.84 Å². The summed E-state index contributed by atoms with van der Waals surface area (Å²) >= 11 is 0. The third-order valence-electron chi connectivity index (χ3n) is 2.22. The van der Waals surface area contributed by atoms with Gasteiger partial charge in [0.15, 0.2) is 9.84 Å². The largest absolute Gasteiger partial charge is 0.301 e. The average Bonchev–Trinajstić information content (AvgIpc) is 2.19. The Kier molecular flexibility index (Phi) is 3.84. The summed E-state index contributed by atoms with van der Waals surface area (Å²) in [4.78, 5) is 0.345. The quantitative estimate of drug-likeness (QED) is 0.738. The minimum Gasteiger partial charge on any atom is -0.301 e. The Morgan fingerprint density at radius 1 is 1.07 bits per heavy atom. The molecule has 0 unspecified atom stereocenters. The summed E-state index contributed by atoms with van der Waals surface area (Å²) < 4.78 is 22.4. The van der Waals surface area contributed by atoms with Crippen LogP contribution in [0.4, 0.5) is 0 Å². The minimum atomic E-state index is -3.10. The Balaban J connectivity index is 3.00. The van der Waals surface area contributed by atoms with Crippen molar-refractivity contribution >= 4 is 9.84 Å². The molecule has 0 fully saturated rings. The Morgan fingerprint density at radius 2 is 1.53 bits per heavy atom. The van der Waals surface area contributed by atoms with Crippen LogP contribution in [0.3, 0.4) is 0 Å². The molecule has 0 aliphatic heterocycles. The molecular formula is C10H16N2O2S. The van der Waals surface area contributed by atoms with Crippen LogP contribution in [0, 0.1) is 0 Å². The zero-order valence-electron chi connectivity index (χ0n) is 9.11. The number of rotatable bonds is 4. The third kappa shape index (κ3) is 3.02. The van der Waals surface area contributed by atoms with Gasteiger partial charge in [-0.05, 0) is 31.8 Å². The van der Waals surface area contributed by atoms with Gasteiger partial charge in [-0.1, -0.05) is 12.1 Å². The van der Waals surface area contributed by atoms with Crippen molar-refractivity contribution in [1.82, 2.24) is 10.6 Å². The molecule has 0 bridgehead atoms. The van der Waals surface area contributed by atoms with Gasteiger partial charge in [0.1, 0.15) is 0 Å². The average molecular weight is 228 g/mol. The minimum absolute atomic E-state index is 0.0404. The number of sulfone groups is 1. The van der Waals surface area contributed by atoms with E-state index in [4.69, 9.17) is 0 Å². The van der Waals surface area contributed by atoms with E-state index in [0.717, 1.165) is 5.56 Å². The second-order valence-electron chi connectivity index (χ2n) is 3.35. The van der Waals surface area contributed by atoms with Gasteiger partial charge in [-0.25, -0.2) is 8.42 Å². The van der Waals surface area contributed by atoms with Crippen LogP contribution in [0.1, 0.15) is 11.7 Å². The summed E-state index contributed by atoms with van der Waals surface area (Å²) in [6.07, 6.45) is 1.24. The second-order valence-corrected chi connectivity index (χ2v) is 5.37. The maximum Gasteiger partial charge on any atom is 0.175 e. The predicted octanol–water partition coefficient (Wildman–Crippen LogP) is 0.527. The van der Waals surface area contributed by atoms with Crippen molar-refractivity contribution < 1.29 is 8.42 Å². The summed E-state index contributed by atoms with van der Waals surface area (Å²) in [5.74, 6) is 0. The van der Waals surface area contributed by atoms with Crippen molar-refractivity contribution in [3.8, 4) is 0 Å². The first-order valence-electron chi connectivity index (χ1n) is 4.63. The van der Waals surface area contributed by atoms with Crippen molar-refractivity contribution in [3.63, 3.8) is 0 Å². The van der Waals surface area contributed by atoms with Gasteiger partial charge >= 0.3 is 0 Å². The van der Waals surface area contributed by atoms with E-state index in [0.29, 0.717) is 4.90 Å². The van der Waals surface area contributed by atoms with Gasteiger partial charge in [0.2, 0.25) is 0 Å². The molecule has 5 heteroatoms. The maximum absolute atomic E-state index is 11.2. The Bertz CT molecular complexity index is 408. The van der Waals surface area contributed by atoms with Crippen LogP contribution >= 0.6 is 0 Å². The van der Waals surface area contributed by atoms with Crippen molar-refractivity contribution in [1.29, 1.82) is 0 Å². The molecule has 2 N–H and O–H groups in total. The van der Waals surface area contributed by atoms with Crippen LogP contribution in [-0.4, -0.2) is 28.8 Å². The predicted molar refractivity (Wildman–Crippen MR) is 60.4 cm³/mol. The van der Waals surface area contributed by atoms with E-state index < -0.39 is 9.84 Å². The molecule has 0 aromatic heterocycles. The van der Waals surface area contributed by atoms with Gasteiger partial charge in [0, 0.05) is 6.26 Å².